The fourth-order valence-electron chi connectivity index (χ4n) is 0.513. The molecule has 4 heteroatoms. The van der Waals surface area contributed by atoms with Gasteiger partial charge >= 0.3 is 18.2 Å². The van der Waals surface area contributed by atoms with Crippen LogP contribution in [-0.2, 0) is 0 Å². The molecule has 1 aromatic carbocycles. The second-order valence-corrected chi connectivity index (χ2v) is 4.21. The van der Waals surface area contributed by atoms with E-state index in [1.165, 1.54) is 0 Å². The molecule has 0 spiro atoms. The number of rotatable bonds is 0. The Bertz CT molecular complexity index is 220. The Morgan fingerprint density at radius 1 is 1.18 bits per heavy atom. The molecule has 11 heavy (non-hydrogen) atoms. The highest BCUT2D eigenvalue weighted by atomic mass is 35.6. The minimum absolute atomic E-state index is 0.639. The van der Waals surface area contributed by atoms with Gasteiger partial charge in [-0.3, -0.25) is 0 Å². The van der Waals surface area contributed by atoms with Crippen LogP contribution in [0.15, 0.2) is 30.3 Å². The van der Waals surface area contributed by atoms with Crippen LogP contribution in [0.4, 0.5) is 0 Å². The van der Waals surface area contributed by atoms with E-state index < -0.39 is 18.2 Å². The Morgan fingerprint density at radius 3 is 1.91 bits per heavy atom. The molecule has 0 saturated carbocycles. The molecule has 0 atom stereocenters. The second-order valence-electron chi connectivity index (χ2n) is 1.58. The van der Waals surface area contributed by atoms with Crippen LogP contribution < -0.4 is 0 Å². The summed E-state index contributed by atoms with van der Waals surface area (Å²) in [6.07, 6.45) is 0. The van der Waals surface area contributed by atoms with E-state index in [1.54, 1.807) is 12.1 Å². The van der Waals surface area contributed by atoms with Gasteiger partial charge in [0.25, 0.3) is 0 Å². The minimum atomic E-state index is -0.639. The molecule has 0 unspecified atom stereocenters. The summed E-state index contributed by atoms with van der Waals surface area (Å²) in [7, 11) is 9.81. The maximum absolute atomic E-state index is 8.29. The van der Waals surface area contributed by atoms with E-state index >= 15 is 0 Å². The average Bonchev–Trinajstić information content (AvgIpc) is 2.08. The Balaban J connectivity index is 0.000000292. The molecule has 0 saturated heterocycles. The van der Waals surface area contributed by atoms with Gasteiger partial charge in [0.15, 0.2) is 0 Å². The number of hydrogen-bond acceptors (Lipinski definition) is 1. The Morgan fingerprint density at radius 2 is 1.64 bits per heavy atom. The average molecular weight is 198 g/mol. The lowest BCUT2D eigenvalue weighted by molar-refractivity contribution is 1.49. The van der Waals surface area contributed by atoms with Crippen molar-refractivity contribution >= 4 is 36.3 Å². The highest BCUT2D eigenvalue weighted by molar-refractivity contribution is 7.22. The van der Waals surface area contributed by atoms with Crippen molar-refractivity contribution in [3.05, 3.63) is 35.9 Å². The summed E-state index contributed by atoms with van der Waals surface area (Å²) in [4.78, 5) is 0. The highest BCUT2D eigenvalue weighted by Gasteiger charge is 1.79. The van der Waals surface area contributed by atoms with Gasteiger partial charge in [0, 0.05) is 0 Å². The fourth-order valence-corrected chi connectivity index (χ4v) is 0.513. The second kappa shape index (κ2) is 8.16. The van der Waals surface area contributed by atoms with E-state index in [4.69, 9.17) is 23.4 Å². The van der Waals surface area contributed by atoms with Gasteiger partial charge in [0.2, 0.25) is 0 Å². The Kier molecular flexibility index (Phi) is 8.20. The lowest BCUT2D eigenvalue weighted by Crippen LogP contribution is -1.66. The molecule has 1 rings (SSSR count). The van der Waals surface area contributed by atoms with Gasteiger partial charge in [-0.2, -0.15) is 5.26 Å². The first kappa shape index (κ1) is 11.1. The molecule has 0 aliphatic carbocycles. The van der Waals surface area contributed by atoms with E-state index in [0.717, 1.165) is 0 Å². The molecule has 0 radical (unpaired) electrons. The molecular weight excluding hydrogens is 193 g/mol. The fraction of sp³-hybridized carbons (Fsp3) is 0. The maximum Gasteiger partial charge on any atom is 0.618 e. The number of halogens is 2. The topological polar surface area (TPSA) is 23.8 Å². The molecule has 0 amide bonds. The van der Waals surface area contributed by atoms with Crippen LogP contribution in [0.2, 0.25) is 0 Å². The van der Waals surface area contributed by atoms with Crippen molar-refractivity contribution in [2.45, 2.75) is 0 Å². The quantitative estimate of drug-likeness (QED) is 0.588. The summed E-state index contributed by atoms with van der Waals surface area (Å²) in [5.74, 6) is 0. The van der Waals surface area contributed by atoms with E-state index in [0.29, 0.717) is 5.56 Å². The molecular formula is C7H5Cl2MgN. The first-order valence-electron chi connectivity index (χ1n) is 2.92. The van der Waals surface area contributed by atoms with Gasteiger partial charge in [-0.05, 0) is 12.1 Å². The third-order valence-electron chi connectivity index (χ3n) is 0.903. The zero-order chi connectivity index (χ0) is 8.53. The summed E-state index contributed by atoms with van der Waals surface area (Å²) in [5, 5.41) is 8.29. The molecule has 0 bridgehead atoms. The van der Waals surface area contributed by atoms with Crippen LogP contribution in [-0.4, -0.2) is 18.2 Å². The van der Waals surface area contributed by atoms with E-state index in [2.05, 4.69) is 0 Å². The number of benzene rings is 1. The van der Waals surface area contributed by atoms with Crippen molar-refractivity contribution in [1.82, 2.24) is 0 Å². The van der Waals surface area contributed by atoms with Crippen molar-refractivity contribution in [2.24, 2.45) is 0 Å². The summed E-state index contributed by atoms with van der Waals surface area (Å²) in [5.41, 5.74) is 0.715. The van der Waals surface area contributed by atoms with Gasteiger partial charge in [0.1, 0.15) is 0 Å². The summed E-state index contributed by atoms with van der Waals surface area (Å²) < 4.78 is 0. The Hall–Kier alpha value is 0.0562. The number of hydrogen-bond donors (Lipinski definition) is 0. The standard InChI is InChI=1S/C7H5N.2ClH.Mg/c8-6-7-4-2-1-3-5-7;;;/h1-5H;2*1H;/q;;;+2/p-2. The summed E-state index contributed by atoms with van der Waals surface area (Å²) in [6, 6.07) is 11.2. The molecule has 0 aliphatic heterocycles. The minimum Gasteiger partial charge on any atom is -0.309 e. The zero-order valence-corrected chi connectivity index (χ0v) is 8.72. The van der Waals surface area contributed by atoms with Gasteiger partial charge in [-0.25, -0.2) is 0 Å². The van der Waals surface area contributed by atoms with E-state index in [1.807, 2.05) is 24.3 Å². The molecule has 1 aromatic rings. The molecule has 0 heterocycles. The molecule has 1 nitrogen and oxygen atoms in total. The van der Waals surface area contributed by atoms with Gasteiger partial charge in [-0.1, -0.05) is 18.2 Å². The smallest absolute Gasteiger partial charge is 0.309 e. The van der Waals surface area contributed by atoms with Crippen molar-refractivity contribution in [2.75, 3.05) is 0 Å². The third kappa shape index (κ3) is 6.45. The molecule has 0 fully saturated rings. The lowest BCUT2D eigenvalue weighted by atomic mass is 10.2. The normalized spacial score (nSPS) is 6.64. The predicted molar refractivity (Wildman–Crippen MR) is 48.6 cm³/mol. The van der Waals surface area contributed by atoms with Crippen LogP contribution in [0.1, 0.15) is 5.56 Å². The maximum atomic E-state index is 8.29. The van der Waals surface area contributed by atoms with Crippen molar-refractivity contribution in [1.29, 1.82) is 5.26 Å². The van der Waals surface area contributed by atoms with Crippen LogP contribution >= 0.6 is 18.1 Å². The molecule has 0 aromatic heterocycles. The monoisotopic (exact) mass is 197 g/mol. The first-order chi connectivity index (χ1) is 5.35. The number of nitriles is 1. The molecule has 54 valence electrons. The predicted octanol–water partition coefficient (Wildman–Crippen LogP) is 2.56. The largest absolute Gasteiger partial charge is 0.618 e. The van der Waals surface area contributed by atoms with Crippen LogP contribution in [0.5, 0.6) is 0 Å². The third-order valence-corrected chi connectivity index (χ3v) is 0.903. The summed E-state index contributed by atoms with van der Waals surface area (Å²) >= 11 is -0.639. The Labute approximate surface area is 83.2 Å². The number of nitrogens with zero attached hydrogens (tertiary/aromatic N) is 1. The SMILES string of the molecule is N#Cc1ccccc1.[Cl][Mg][Cl]. The lowest BCUT2D eigenvalue weighted by Gasteiger charge is -1.80. The van der Waals surface area contributed by atoms with Crippen LogP contribution in [0, 0.1) is 11.3 Å². The van der Waals surface area contributed by atoms with Gasteiger partial charge in [0.05, 0.1) is 11.6 Å². The van der Waals surface area contributed by atoms with Crippen LogP contribution in [0.3, 0.4) is 0 Å². The zero-order valence-electron chi connectivity index (χ0n) is 5.80. The van der Waals surface area contributed by atoms with E-state index in [9.17, 15) is 0 Å². The first-order valence-corrected chi connectivity index (χ1v) is 7.19. The van der Waals surface area contributed by atoms with E-state index in [-0.39, 0.29) is 0 Å². The van der Waals surface area contributed by atoms with Crippen LogP contribution in [0.25, 0.3) is 0 Å². The summed E-state index contributed by atoms with van der Waals surface area (Å²) in [6.45, 7) is 0. The van der Waals surface area contributed by atoms with Crippen molar-refractivity contribution in [3.8, 4) is 6.07 Å². The van der Waals surface area contributed by atoms with Crippen molar-refractivity contribution in [3.63, 3.8) is 0 Å². The molecule has 0 N–H and O–H groups in total. The molecule has 0 aliphatic rings. The van der Waals surface area contributed by atoms with Crippen molar-refractivity contribution < 1.29 is 0 Å². The van der Waals surface area contributed by atoms with Gasteiger partial charge in [-0.15, -0.1) is 0 Å². The van der Waals surface area contributed by atoms with Gasteiger partial charge < -0.3 is 18.1 Å². The highest BCUT2D eigenvalue weighted by Crippen LogP contribution is 1.93.